The molecule has 5 rings (SSSR count). The second-order valence-corrected chi connectivity index (χ2v) is 8.79. The van der Waals surface area contributed by atoms with Gasteiger partial charge in [-0.25, -0.2) is 0 Å². The predicted octanol–water partition coefficient (Wildman–Crippen LogP) is 5.97. The number of ether oxygens (including phenoxy) is 2. The van der Waals surface area contributed by atoms with Crippen LogP contribution in [0.25, 0.3) is 10.8 Å². The predicted molar refractivity (Wildman–Crippen MR) is 133 cm³/mol. The molecule has 2 N–H and O–H groups in total. The molecule has 4 aromatic rings. The fraction of sp³-hybridized carbons (Fsp3) is 0.0714. The molecular formula is C28H19BrN2O3. The van der Waals surface area contributed by atoms with E-state index in [0.29, 0.717) is 17.1 Å². The van der Waals surface area contributed by atoms with Gasteiger partial charge in [-0.15, -0.1) is 0 Å². The Morgan fingerprint density at radius 1 is 1.00 bits per heavy atom. The molecule has 0 amide bonds. The van der Waals surface area contributed by atoms with E-state index in [1.54, 1.807) is 12.1 Å². The van der Waals surface area contributed by atoms with Gasteiger partial charge in [-0.3, -0.25) is 4.79 Å². The maximum absolute atomic E-state index is 12.7. The second kappa shape index (κ2) is 9.05. The minimum Gasteiger partial charge on any atom is -0.440 e. The lowest BCUT2D eigenvalue weighted by molar-refractivity contribution is -0.133. The van der Waals surface area contributed by atoms with E-state index in [-0.39, 0.29) is 18.3 Å². The molecular weight excluding hydrogens is 492 g/mol. The van der Waals surface area contributed by atoms with Gasteiger partial charge in [0, 0.05) is 16.1 Å². The molecule has 0 saturated carbocycles. The van der Waals surface area contributed by atoms with Gasteiger partial charge in [-0.1, -0.05) is 82.7 Å². The number of fused-ring (bicyclic) bond motifs is 2. The van der Waals surface area contributed by atoms with Gasteiger partial charge >= 0.3 is 5.97 Å². The number of carbonyl (C=O) groups excluding carboxylic acids is 1. The molecule has 1 atom stereocenters. The first-order chi connectivity index (χ1) is 16.5. The molecule has 34 heavy (non-hydrogen) atoms. The van der Waals surface area contributed by atoms with Crippen LogP contribution >= 0.6 is 15.9 Å². The lowest BCUT2D eigenvalue weighted by atomic mass is 9.83. The van der Waals surface area contributed by atoms with Gasteiger partial charge in [0.15, 0.2) is 0 Å². The summed E-state index contributed by atoms with van der Waals surface area (Å²) in [5.41, 5.74) is 9.00. The third-order valence-corrected chi connectivity index (χ3v) is 6.58. The largest absolute Gasteiger partial charge is 0.440 e. The molecule has 1 heterocycles. The van der Waals surface area contributed by atoms with Crippen molar-refractivity contribution >= 4 is 32.7 Å². The van der Waals surface area contributed by atoms with Crippen LogP contribution in [0.1, 0.15) is 22.6 Å². The van der Waals surface area contributed by atoms with Crippen LogP contribution in [0.3, 0.4) is 0 Å². The fourth-order valence-electron chi connectivity index (χ4n) is 4.30. The van der Waals surface area contributed by atoms with Gasteiger partial charge in [0.2, 0.25) is 5.88 Å². The van der Waals surface area contributed by atoms with Crippen molar-refractivity contribution in [1.82, 2.24) is 0 Å². The Balaban J connectivity index is 1.44. The highest BCUT2D eigenvalue weighted by molar-refractivity contribution is 9.10. The first kappa shape index (κ1) is 21.7. The zero-order chi connectivity index (χ0) is 23.7. The first-order valence-corrected chi connectivity index (χ1v) is 11.5. The lowest BCUT2D eigenvalue weighted by Crippen LogP contribution is -2.21. The van der Waals surface area contributed by atoms with E-state index >= 15 is 0 Å². The smallest absolute Gasteiger partial charge is 0.315 e. The molecule has 1 aliphatic rings. The SMILES string of the molecule is N#CC1=C(N)Oc2cc(OC(=O)Cc3cccc4ccccc34)ccc2C1c1ccccc1Br. The zero-order valence-corrected chi connectivity index (χ0v) is 19.6. The van der Waals surface area contributed by atoms with Crippen molar-refractivity contribution in [2.45, 2.75) is 12.3 Å². The van der Waals surface area contributed by atoms with Crippen LogP contribution in [-0.2, 0) is 11.2 Å². The average molecular weight is 511 g/mol. The number of carbonyl (C=O) groups is 1. The highest BCUT2D eigenvalue weighted by Gasteiger charge is 2.32. The molecule has 0 saturated heterocycles. The number of nitrogens with zero attached hydrogens (tertiary/aromatic N) is 1. The molecule has 1 unspecified atom stereocenters. The van der Waals surface area contributed by atoms with E-state index in [9.17, 15) is 10.1 Å². The van der Waals surface area contributed by atoms with E-state index in [1.165, 1.54) is 0 Å². The minimum absolute atomic E-state index is 0.0370. The van der Waals surface area contributed by atoms with Crippen molar-refractivity contribution in [3.05, 3.63) is 118 Å². The van der Waals surface area contributed by atoms with Crippen molar-refractivity contribution in [1.29, 1.82) is 5.26 Å². The number of allylic oxidation sites excluding steroid dienone is 1. The number of rotatable bonds is 4. The van der Waals surface area contributed by atoms with Crippen LogP contribution in [0.4, 0.5) is 0 Å². The van der Waals surface area contributed by atoms with Gasteiger partial charge in [-0.05, 0) is 34.0 Å². The Hall–Kier alpha value is -4.08. The average Bonchev–Trinajstić information content (AvgIpc) is 2.84. The molecule has 0 aliphatic carbocycles. The van der Waals surface area contributed by atoms with Crippen LogP contribution in [-0.4, -0.2) is 5.97 Å². The molecule has 5 nitrogen and oxygen atoms in total. The molecule has 0 radical (unpaired) electrons. The van der Waals surface area contributed by atoms with Crippen LogP contribution in [0.5, 0.6) is 11.5 Å². The van der Waals surface area contributed by atoms with Gasteiger partial charge in [0.1, 0.15) is 23.1 Å². The Morgan fingerprint density at radius 2 is 1.76 bits per heavy atom. The highest BCUT2D eigenvalue weighted by Crippen LogP contribution is 2.45. The van der Waals surface area contributed by atoms with Crippen molar-refractivity contribution in [2.75, 3.05) is 0 Å². The summed E-state index contributed by atoms with van der Waals surface area (Å²) in [5.74, 6) is 0.0613. The normalized spacial score (nSPS) is 14.8. The molecule has 166 valence electrons. The third-order valence-electron chi connectivity index (χ3n) is 5.85. The van der Waals surface area contributed by atoms with E-state index in [0.717, 1.165) is 31.9 Å². The van der Waals surface area contributed by atoms with Gasteiger partial charge in [-0.2, -0.15) is 5.26 Å². The summed E-state index contributed by atoms with van der Waals surface area (Å²) in [6, 6.07) is 28.8. The number of halogens is 1. The zero-order valence-electron chi connectivity index (χ0n) is 18.0. The number of hydrogen-bond acceptors (Lipinski definition) is 5. The fourth-order valence-corrected chi connectivity index (χ4v) is 4.81. The Morgan fingerprint density at radius 3 is 2.59 bits per heavy atom. The molecule has 0 spiro atoms. The van der Waals surface area contributed by atoms with Crippen LogP contribution in [0, 0.1) is 11.3 Å². The van der Waals surface area contributed by atoms with Crippen molar-refractivity contribution < 1.29 is 14.3 Å². The van der Waals surface area contributed by atoms with Crippen molar-refractivity contribution in [2.24, 2.45) is 5.73 Å². The van der Waals surface area contributed by atoms with E-state index < -0.39 is 5.92 Å². The third kappa shape index (κ3) is 4.02. The van der Waals surface area contributed by atoms with Gasteiger partial charge < -0.3 is 15.2 Å². The standard InChI is InChI=1S/C28H19BrN2O3/c29-24-11-4-3-10-21(24)27-22-13-12-19(15-25(22)34-28(31)23(27)16-30)33-26(32)14-18-8-5-7-17-6-1-2-9-20(17)18/h1-13,15,27H,14,31H2. The van der Waals surface area contributed by atoms with Crippen molar-refractivity contribution in [3.63, 3.8) is 0 Å². The number of nitriles is 1. The summed E-state index contributed by atoms with van der Waals surface area (Å²) in [5, 5.41) is 11.8. The quantitative estimate of drug-likeness (QED) is 0.270. The van der Waals surface area contributed by atoms with Crippen LogP contribution < -0.4 is 15.2 Å². The lowest BCUT2D eigenvalue weighted by Gasteiger charge is -2.27. The van der Waals surface area contributed by atoms with E-state index in [4.69, 9.17) is 15.2 Å². The maximum atomic E-state index is 12.7. The summed E-state index contributed by atoms with van der Waals surface area (Å²) >= 11 is 3.57. The number of nitrogens with two attached hydrogens (primary N) is 1. The van der Waals surface area contributed by atoms with E-state index in [1.807, 2.05) is 72.8 Å². The first-order valence-electron chi connectivity index (χ1n) is 10.7. The second-order valence-electron chi connectivity index (χ2n) is 7.94. The Labute approximate surface area is 205 Å². The molecule has 1 aliphatic heterocycles. The maximum Gasteiger partial charge on any atom is 0.315 e. The van der Waals surface area contributed by atoms with Crippen LogP contribution in [0.15, 0.2) is 101 Å². The summed E-state index contributed by atoms with van der Waals surface area (Å²) < 4.78 is 12.2. The number of hydrogen-bond donors (Lipinski definition) is 1. The molecule has 0 aromatic heterocycles. The molecule has 0 fully saturated rings. The Bertz CT molecular complexity index is 1500. The highest BCUT2D eigenvalue weighted by atomic mass is 79.9. The van der Waals surface area contributed by atoms with Crippen molar-refractivity contribution in [3.8, 4) is 17.6 Å². The van der Waals surface area contributed by atoms with Gasteiger partial charge in [0.05, 0.1) is 12.3 Å². The molecule has 4 aromatic carbocycles. The topological polar surface area (TPSA) is 85.3 Å². The minimum atomic E-state index is -0.398. The molecule has 0 bridgehead atoms. The summed E-state index contributed by atoms with van der Waals surface area (Å²) in [6.45, 7) is 0. The number of benzene rings is 4. The Kier molecular flexibility index (Phi) is 5.79. The van der Waals surface area contributed by atoms with Crippen LogP contribution in [0.2, 0.25) is 0 Å². The summed E-state index contributed by atoms with van der Waals surface area (Å²) in [4.78, 5) is 12.7. The monoisotopic (exact) mass is 510 g/mol. The molecule has 6 heteroatoms. The summed E-state index contributed by atoms with van der Waals surface area (Å²) in [7, 11) is 0. The van der Waals surface area contributed by atoms with Gasteiger partial charge in [0.25, 0.3) is 0 Å². The summed E-state index contributed by atoms with van der Waals surface area (Å²) in [6.07, 6.45) is 0.138. The van der Waals surface area contributed by atoms with E-state index in [2.05, 4.69) is 22.0 Å². The number of esters is 1.